The lowest BCUT2D eigenvalue weighted by Crippen LogP contribution is -2.50. The van der Waals surface area contributed by atoms with Gasteiger partial charge in [-0.3, -0.25) is 4.90 Å². The predicted octanol–water partition coefficient (Wildman–Crippen LogP) is 3.33. The highest BCUT2D eigenvalue weighted by molar-refractivity contribution is 4.93. The average molecular weight is 271 g/mol. The van der Waals surface area contributed by atoms with E-state index in [2.05, 4.69) is 46.4 Å². The van der Waals surface area contributed by atoms with Crippen LogP contribution in [0.4, 0.5) is 0 Å². The molecule has 114 valence electrons. The monoisotopic (exact) mass is 271 g/mol. The number of ether oxygens (including phenoxy) is 2. The van der Waals surface area contributed by atoms with E-state index in [4.69, 9.17) is 9.47 Å². The highest BCUT2D eigenvalue weighted by Crippen LogP contribution is 2.35. The van der Waals surface area contributed by atoms with Crippen LogP contribution in [0.1, 0.15) is 54.4 Å². The van der Waals surface area contributed by atoms with Gasteiger partial charge in [0.2, 0.25) is 0 Å². The predicted molar refractivity (Wildman–Crippen MR) is 80.6 cm³/mol. The van der Waals surface area contributed by atoms with Gasteiger partial charge < -0.3 is 9.47 Å². The van der Waals surface area contributed by atoms with Crippen LogP contribution in [0.2, 0.25) is 0 Å². The van der Waals surface area contributed by atoms with Crippen LogP contribution in [0, 0.1) is 5.41 Å². The molecule has 1 aliphatic rings. The zero-order valence-corrected chi connectivity index (χ0v) is 14.0. The van der Waals surface area contributed by atoms with Crippen LogP contribution < -0.4 is 0 Å². The molecule has 3 heteroatoms. The summed E-state index contributed by atoms with van der Waals surface area (Å²) in [6.07, 6.45) is 2.78. The number of methoxy groups -OCH3 is 1. The third-order valence-corrected chi connectivity index (χ3v) is 3.68. The van der Waals surface area contributed by atoms with Crippen LogP contribution in [0.25, 0.3) is 0 Å². The highest BCUT2D eigenvalue weighted by Gasteiger charge is 2.40. The smallest absolute Gasteiger partial charge is 0.0785 e. The van der Waals surface area contributed by atoms with Gasteiger partial charge in [0, 0.05) is 19.7 Å². The van der Waals surface area contributed by atoms with Gasteiger partial charge in [0.1, 0.15) is 0 Å². The van der Waals surface area contributed by atoms with E-state index >= 15 is 0 Å². The minimum atomic E-state index is -0.0898. The van der Waals surface area contributed by atoms with Crippen molar-refractivity contribution in [2.24, 2.45) is 5.41 Å². The van der Waals surface area contributed by atoms with Gasteiger partial charge in [-0.25, -0.2) is 0 Å². The fourth-order valence-corrected chi connectivity index (χ4v) is 2.89. The zero-order chi connectivity index (χ0) is 14.7. The largest absolute Gasteiger partial charge is 0.383 e. The Balaban J connectivity index is 2.78. The van der Waals surface area contributed by atoms with Crippen LogP contribution in [0.15, 0.2) is 0 Å². The second-order valence-corrected chi connectivity index (χ2v) is 7.76. The lowest BCUT2D eigenvalue weighted by atomic mass is 9.83. The number of hydrogen-bond donors (Lipinski definition) is 0. The zero-order valence-electron chi connectivity index (χ0n) is 14.0. The molecule has 1 rings (SSSR count). The van der Waals surface area contributed by atoms with E-state index in [1.54, 1.807) is 7.11 Å². The van der Waals surface area contributed by atoms with Crippen LogP contribution in [0.5, 0.6) is 0 Å². The van der Waals surface area contributed by atoms with E-state index in [1.165, 1.54) is 19.4 Å². The van der Waals surface area contributed by atoms with Crippen molar-refractivity contribution in [2.75, 3.05) is 26.8 Å². The topological polar surface area (TPSA) is 21.7 Å². The summed E-state index contributed by atoms with van der Waals surface area (Å²) in [6, 6.07) is 0.523. The molecule has 0 aromatic heterocycles. The van der Waals surface area contributed by atoms with Gasteiger partial charge in [-0.2, -0.15) is 0 Å². The van der Waals surface area contributed by atoms with Crippen molar-refractivity contribution in [1.82, 2.24) is 4.90 Å². The molecular formula is C16H33NO2. The molecule has 1 heterocycles. The van der Waals surface area contributed by atoms with Gasteiger partial charge in [-0.05, 0) is 45.6 Å². The molecule has 0 aromatic carbocycles. The standard InChI is InChI=1S/C16H33NO2/c1-15(2,3)14(19-16(4,5)6)13-9-8-10-17(13)11-12-18-7/h13-14H,8-12H2,1-7H3/t13-,14?/m0/s1. The van der Waals surface area contributed by atoms with Crippen molar-refractivity contribution in [3.05, 3.63) is 0 Å². The van der Waals surface area contributed by atoms with Gasteiger partial charge >= 0.3 is 0 Å². The van der Waals surface area contributed by atoms with Crippen molar-refractivity contribution in [2.45, 2.75) is 72.1 Å². The molecule has 0 spiro atoms. The summed E-state index contributed by atoms with van der Waals surface area (Å²) >= 11 is 0. The Labute approximate surface area is 119 Å². The molecule has 19 heavy (non-hydrogen) atoms. The first-order valence-corrected chi connectivity index (χ1v) is 7.56. The highest BCUT2D eigenvalue weighted by atomic mass is 16.5. The molecule has 0 aromatic rings. The third-order valence-electron chi connectivity index (χ3n) is 3.68. The van der Waals surface area contributed by atoms with Gasteiger partial charge in [0.15, 0.2) is 0 Å². The fourth-order valence-electron chi connectivity index (χ4n) is 2.89. The Hall–Kier alpha value is -0.120. The molecule has 2 atom stereocenters. The molecule has 0 aliphatic carbocycles. The van der Waals surface area contributed by atoms with Crippen molar-refractivity contribution in [1.29, 1.82) is 0 Å². The van der Waals surface area contributed by atoms with Crippen LogP contribution in [-0.2, 0) is 9.47 Å². The van der Waals surface area contributed by atoms with Crippen molar-refractivity contribution < 1.29 is 9.47 Å². The second-order valence-electron chi connectivity index (χ2n) is 7.76. The first-order chi connectivity index (χ1) is 8.65. The summed E-state index contributed by atoms with van der Waals surface area (Å²) < 4.78 is 11.6. The SMILES string of the molecule is COCCN1CCC[C@H]1C(OC(C)(C)C)C(C)(C)C. The third kappa shape index (κ3) is 5.41. The van der Waals surface area contributed by atoms with Crippen molar-refractivity contribution >= 4 is 0 Å². The molecule has 1 fully saturated rings. The first kappa shape index (κ1) is 16.9. The number of likely N-dealkylation sites (tertiary alicyclic amines) is 1. The minimum Gasteiger partial charge on any atom is -0.383 e. The Morgan fingerprint density at radius 1 is 1.16 bits per heavy atom. The van der Waals surface area contributed by atoms with E-state index in [0.717, 1.165) is 13.2 Å². The Morgan fingerprint density at radius 2 is 1.79 bits per heavy atom. The molecule has 3 nitrogen and oxygen atoms in total. The van der Waals surface area contributed by atoms with E-state index in [9.17, 15) is 0 Å². The summed E-state index contributed by atoms with van der Waals surface area (Å²) in [5.74, 6) is 0. The molecule has 0 saturated carbocycles. The summed E-state index contributed by atoms with van der Waals surface area (Å²) in [5, 5.41) is 0. The summed E-state index contributed by atoms with van der Waals surface area (Å²) in [6.45, 7) is 16.3. The maximum absolute atomic E-state index is 6.41. The van der Waals surface area contributed by atoms with Crippen LogP contribution in [0.3, 0.4) is 0 Å². The lowest BCUT2D eigenvalue weighted by Gasteiger charge is -2.42. The van der Waals surface area contributed by atoms with Gasteiger partial charge in [0.05, 0.1) is 18.3 Å². The summed E-state index contributed by atoms with van der Waals surface area (Å²) in [7, 11) is 1.78. The molecule has 0 amide bonds. The number of rotatable bonds is 5. The van der Waals surface area contributed by atoms with Gasteiger partial charge in [0.25, 0.3) is 0 Å². The van der Waals surface area contributed by atoms with Crippen molar-refractivity contribution in [3.63, 3.8) is 0 Å². The van der Waals surface area contributed by atoms with Gasteiger partial charge in [-0.1, -0.05) is 20.8 Å². The molecular weight excluding hydrogens is 238 g/mol. The fraction of sp³-hybridized carbons (Fsp3) is 1.00. The first-order valence-electron chi connectivity index (χ1n) is 7.56. The Bertz CT molecular complexity index is 265. The molecule has 1 aliphatic heterocycles. The van der Waals surface area contributed by atoms with E-state index in [0.29, 0.717) is 6.04 Å². The molecule has 1 unspecified atom stereocenters. The Kier molecular flexibility index (Phi) is 5.84. The second kappa shape index (κ2) is 6.55. The average Bonchev–Trinajstić information content (AvgIpc) is 2.68. The van der Waals surface area contributed by atoms with Crippen molar-refractivity contribution in [3.8, 4) is 0 Å². The summed E-state index contributed by atoms with van der Waals surface area (Å²) in [4.78, 5) is 2.55. The van der Waals surface area contributed by atoms with Crippen LogP contribution in [-0.4, -0.2) is 49.5 Å². The quantitative estimate of drug-likeness (QED) is 0.765. The maximum atomic E-state index is 6.41. The number of hydrogen-bond acceptors (Lipinski definition) is 3. The minimum absolute atomic E-state index is 0.0898. The van der Waals surface area contributed by atoms with E-state index in [1.807, 2.05) is 0 Å². The van der Waals surface area contributed by atoms with Gasteiger partial charge in [-0.15, -0.1) is 0 Å². The summed E-state index contributed by atoms with van der Waals surface area (Å²) in [5.41, 5.74) is 0.0705. The van der Waals surface area contributed by atoms with Crippen LogP contribution >= 0.6 is 0 Å². The molecule has 0 N–H and O–H groups in total. The Morgan fingerprint density at radius 3 is 2.26 bits per heavy atom. The molecule has 0 radical (unpaired) electrons. The van der Waals surface area contributed by atoms with E-state index < -0.39 is 0 Å². The van der Waals surface area contributed by atoms with E-state index in [-0.39, 0.29) is 17.1 Å². The number of nitrogens with zero attached hydrogens (tertiary/aromatic N) is 1. The molecule has 1 saturated heterocycles. The normalized spacial score (nSPS) is 23.8. The lowest BCUT2D eigenvalue weighted by molar-refractivity contribution is -0.134. The maximum Gasteiger partial charge on any atom is 0.0785 e. The molecule has 0 bridgehead atoms.